The molecule has 2 aromatic heterocycles. The number of rotatable bonds is 4. The summed E-state index contributed by atoms with van der Waals surface area (Å²) in [4.78, 5) is 10.7. The van der Waals surface area contributed by atoms with Crippen LogP contribution in [0.2, 0.25) is 0 Å². The van der Waals surface area contributed by atoms with Crippen LogP contribution in [0.15, 0.2) is 34.9 Å². The molecule has 0 saturated carbocycles. The lowest BCUT2D eigenvalue weighted by Crippen LogP contribution is -1.98. The fraction of sp³-hybridized carbons (Fsp3) is 0.214. The molecule has 96 valence electrons. The van der Waals surface area contributed by atoms with Crippen molar-refractivity contribution in [2.75, 3.05) is 0 Å². The lowest BCUT2D eigenvalue weighted by atomic mass is 10.2. The molecular weight excluding hydrogens is 242 g/mol. The topological polar surface area (TPSA) is 60.9 Å². The number of aldehydes is 1. The summed E-state index contributed by atoms with van der Waals surface area (Å²) < 4.78 is 7.53. The van der Waals surface area contributed by atoms with Crippen LogP contribution in [0.3, 0.4) is 0 Å². The summed E-state index contributed by atoms with van der Waals surface area (Å²) in [6, 6.07) is 7.57. The average Bonchev–Trinajstić information content (AvgIpc) is 3.06. The molecule has 5 nitrogen and oxygen atoms in total. The van der Waals surface area contributed by atoms with Crippen molar-refractivity contribution in [3.8, 4) is 0 Å². The highest BCUT2D eigenvalue weighted by atomic mass is 16.4. The van der Waals surface area contributed by atoms with Crippen LogP contribution in [-0.2, 0) is 13.0 Å². The molecule has 2 heterocycles. The van der Waals surface area contributed by atoms with Crippen LogP contribution in [0.25, 0.3) is 10.9 Å². The maximum atomic E-state index is 10.7. The maximum Gasteiger partial charge on any atom is 0.236 e. The maximum absolute atomic E-state index is 10.7. The van der Waals surface area contributed by atoms with E-state index in [2.05, 4.69) is 10.2 Å². The molecule has 0 spiro atoms. The molecule has 0 atom stereocenters. The molecular formula is C14H13N3O2. The van der Waals surface area contributed by atoms with Gasteiger partial charge >= 0.3 is 0 Å². The van der Waals surface area contributed by atoms with Crippen molar-refractivity contribution in [1.82, 2.24) is 14.8 Å². The third-order valence-electron chi connectivity index (χ3n) is 3.05. The molecule has 1 aromatic carbocycles. The number of carbonyl (C=O) groups is 1. The summed E-state index contributed by atoms with van der Waals surface area (Å²) in [5.41, 5.74) is 1.72. The first-order chi connectivity index (χ1) is 9.30. The lowest BCUT2D eigenvalue weighted by molar-refractivity contribution is 0.112. The Morgan fingerprint density at radius 1 is 1.26 bits per heavy atom. The van der Waals surface area contributed by atoms with Crippen LogP contribution in [0.5, 0.6) is 0 Å². The minimum atomic E-state index is 0.539. The molecule has 0 aliphatic carbocycles. The summed E-state index contributed by atoms with van der Waals surface area (Å²) in [7, 11) is 0. The van der Waals surface area contributed by atoms with Gasteiger partial charge in [0.2, 0.25) is 11.8 Å². The van der Waals surface area contributed by atoms with Gasteiger partial charge in [0.25, 0.3) is 0 Å². The Morgan fingerprint density at radius 3 is 2.84 bits per heavy atom. The zero-order chi connectivity index (χ0) is 13.2. The molecule has 0 unspecified atom stereocenters. The molecule has 3 rings (SSSR count). The van der Waals surface area contributed by atoms with Gasteiger partial charge in [0.1, 0.15) is 12.8 Å². The average molecular weight is 255 g/mol. The summed E-state index contributed by atoms with van der Waals surface area (Å²) in [6.45, 7) is 2.51. The Balaban J connectivity index is 1.94. The first kappa shape index (κ1) is 11.6. The molecule has 0 N–H and O–H groups in total. The van der Waals surface area contributed by atoms with Crippen molar-refractivity contribution in [2.24, 2.45) is 0 Å². The molecule has 0 aliphatic heterocycles. The largest absolute Gasteiger partial charge is 0.423 e. The highest BCUT2D eigenvalue weighted by Gasteiger charge is 2.07. The van der Waals surface area contributed by atoms with Gasteiger partial charge in [-0.1, -0.05) is 6.92 Å². The lowest BCUT2D eigenvalue weighted by Gasteiger charge is -2.01. The Morgan fingerprint density at radius 2 is 2.11 bits per heavy atom. The number of nitrogens with zero attached hydrogens (tertiary/aromatic N) is 3. The van der Waals surface area contributed by atoms with Gasteiger partial charge in [-0.2, -0.15) is 0 Å². The quantitative estimate of drug-likeness (QED) is 0.672. The van der Waals surface area contributed by atoms with Crippen LogP contribution in [-0.4, -0.2) is 21.1 Å². The van der Waals surface area contributed by atoms with Crippen molar-refractivity contribution in [3.63, 3.8) is 0 Å². The van der Waals surface area contributed by atoms with E-state index in [0.29, 0.717) is 23.9 Å². The number of aryl methyl sites for hydroxylation is 1. The van der Waals surface area contributed by atoms with Gasteiger partial charge in [0.05, 0.1) is 0 Å². The normalized spacial score (nSPS) is 11.0. The van der Waals surface area contributed by atoms with Crippen LogP contribution in [0.4, 0.5) is 0 Å². The number of fused-ring (bicyclic) bond motifs is 1. The summed E-state index contributed by atoms with van der Waals surface area (Å²) >= 11 is 0. The van der Waals surface area contributed by atoms with Crippen LogP contribution < -0.4 is 0 Å². The summed E-state index contributed by atoms with van der Waals surface area (Å²) in [5, 5.41) is 8.98. The van der Waals surface area contributed by atoms with Crippen molar-refractivity contribution in [1.29, 1.82) is 0 Å². The fourth-order valence-electron chi connectivity index (χ4n) is 2.07. The van der Waals surface area contributed by atoms with Gasteiger partial charge in [-0.15, -0.1) is 10.2 Å². The second-order valence-corrected chi connectivity index (χ2v) is 4.32. The number of hydrogen-bond donors (Lipinski definition) is 0. The molecule has 0 saturated heterocycles. The number of carbonyl (C=O) groups excluding carboxylic acids is 1. The molecule has 0 bridgehead atoms. The molecule has 3 aromatic rings. The van der Waals surface area contributed by atoms with Crippen LogP contribution in [0, 0.1) is 0 Å². The van der Waals surface area contributed by atoms with Crippen LogP contribution in [0.1, 0.15) is 29.1 Å². The smallest absolute Gasteiger partial charge is 0.236 e. The van der Waals surface area contributed by atoms with E-state index in [1.165, 1.54) is 0 Å². The number of hydrogen-bond acceptors (Lipinski definition) is 4. The minimum absolute atomic E-state index is 0.539. The molecule has 0 aliphatic rings. The summed E-state index contributed by atoms with van der Waals surface area (Å²) in [5.74, 6) is 1.24. The molecule has 0 fully saturated rings. The van der Waals surface area contributed by atoms with E-state index in [1.807, 2.05) is 35.9 Å². The van der Waals surface area contributed by atoms with E-state index in [0.717, 1.165) is 23.6 Å². The SMILES string of the molecule is CCc1nnc(Cn2ccc3cc(C=O)ccc32)o1. The van der Waals surface area contributed by atoms with E-state index < -0.39 is 0 Å². The third-order valence-corrected chi connectivity index (χ3v) is 3.05. The van der Waals surface area contributed by atoms with Gasteiger partial charge in [-0.25, -0.2) is 0 Å². The Bertz CT molecular complexity index is 727. The molecule has 0 amide bonds. The number of aromatic nitrogens is 3. The first-order valence-electron chi connectivity index (χ1n) is 6.15. The summed E-state index contributed by atoms with van der Waals surface area (Å²) in [6.07, 6.45) is 3.54. The van der Waals surface area contributed by atoms with Gasteiger partial charge < -0.3 is 8.98 Å². The van der Waals surface area contributed by atoms with E-state index in [9.17, 15) is 4.79 Å². The van der Waals surface area contributed by atoms with Crippen molar-refractivity contribution >= 4 is 17.2 Å². The van der Waals surface area contributed by atoms with Gasteiger partial charge in [-0.05, 0) is 24.3 Å². The Hall–Kier alpha value is -2.43. The highest BCUT2D eigenvalue weighted by molar-refractivity contribution is 5.87. The Kier molecular flexibility index (Phi) is 2.87. The van der Waals surface area contributed by atoms with E-state index in [1.54, 1.807) is 6.07 Å². The van der Waals surface area contributed by atoms with Crippen molar-refractivity contribution in [2.45, 2.75) is 19.9 Å². The first-order valence-corrected chi connectivity index (χ1v) is 6.15. The third kappa shape index (κ3) is 2.14. The zero-order valence-electron chi connectivity index (χ0n) is 10.5. The minimum Gasteiger partial charge on any atom is -0.423 e. The predicted molar refractivity (Wildman–Crippen MR) is 70.1 cm³/mol. The Labute approximate surface area is 109 Å². The standard InChI is InChI=1S/C14H13N3O2/c1-2-13-15-16-14(19-13)8-17-6-5-11-7-10(9-18)3-4-12(11)17/h3-7,9H,2,8H2,1H3. The monoisotopic (exact) mass is 255 g/mol. The van der Waals surface area contributed by atoms with Crippen LogP contribution >= 0.6 is 0 Å². The predicted octanol–water partition coefficient (Wildman–Crippen LogP) is 2.45. The molecule has 19 heavy (non-hydrogen) atoms. The van der Waals surface area contributed by atoms with Gasteiger partial charge in [0.15, 0.2) is 0 Å². The van der Waals surface area contributed by atoms with E-state index >= 15 is 0 Å². The second kappa shape index (κ2) is 4.68. The van der Waals surface area contributed by atoms with E-state index in [4.69, 9.17) is 4.42 Å². The zero-order valence-corrected chi connectivity index (χ0v) is 10.5. The fourth-order valence-corrected chi connectivity index (χ4v) is 2.07. The van der Waals surface area contributed by atoms with Gasteiger partial charge in [-0.3, -0.25) is 4.79 Å². The highest BCUT2D eigenvalue weighted by Crippen LogP contribution is 2.18. The molecule has 0 radical (unpaired) electrons. The number of benzene rings is 1. The van der Waals surface area contributed by atoms with Gasteiger partial charge in [0, 0.05) is 29.1 Å². The van der Waals surface area contributed by atoms with Crippen molar-refractivity contribution in [3.05, 3.63) is 47.8 Å². The molecule has 5 heteroatoms. The van der Waals surface area contributed by atoms with Crippen molar-refractivity contribution < 1.29 is 9.21 Å². The van der Waals surface area contributed by atoms with E-state index in [-0.39, 0.29) is 0 Å². The second-order valence-electron chi connectivity index (χ2n) is 4.32.